The molecule has 20 heteroatoms. The fourth-order valence-corrected chi connectivity index (χ4v) is 10.7. The van der Waals surface area contributed by atoms with E-state index in [4.69, 9.17) is 34.6 Å². The highest BCUT2D eigenvalue weighted by molar-refractivity contribution is 5.66. The van der Waals surface area contributed by atoms with Crippen LogP contribution in [0.15, 0.2) is 134 Å². The summed E-state index contributed by atoms with van der Waals surface area (Å²) in [5.74, 6) is 4.49. The van der Waals surface area contributed by atoms with Gasteiger partial charge < -0.3 is 50.3 Å². The number of aromatic nitrogens is 10. The van der Waals surface area contributed by atoms with Crippen molar-refractivity contribution in [2.45, 2.75) is 50.6 Å². The second kappa shape index (κ2) is 23.7. The van der Waals surface area contributed by atoms with Crippen molar-refractivity contribution < 1.29 is 9.84 Å². The number of benzene rings is 4. The molecule has 4 aromatic carbocycles. The standard InChI is InChI=1S/C58H64N18O2/c77-37-50-12-6-22-76(50)49-17-13-46(14-18-49)67-53-63-39-66-58(70-53)75-29-27-73(28-30-75)56-62-36-45(32-41-7-2-1-3-8-41)52(69-56)44-10-4-9-42(33-44)31-43-34-60-55(61-35-43)72-23-25-74(26-24-72)57-65-40-64-54(71-57)68-47-15-19-51(20-16-47)78-38-48-11-5-21-59-48/h1-4,7-10,13-20,33-36,39-40,48,50,59,77H,5-6,11-12,21-32,37-38H2,(H,63,66,67,70)(H,64,65,68,71)/t48-,50+/m1/s1. The number of anilines is 9. The van der Waals surface area contributed by atoms with Crippen LogP contribution in [0.25, 0.3) is 11.3 Å². The summed E-state index contributed by atoms with van der Waals surface area (Å²) in [6, 6.07) is 35.8. The van der Waals surface area contributed by atoms with E-state index in [0.717, 1.165) is 109 Å². The fraction of sp³-hybridized carbons (Fsp3) is 0.345. The minimum absolute atomic E-state index is 0.168. The summed E-state index contributed by atoms with van der Waals surface area (Å²) in [7, 11) is 0. The predicted octanol–water partition coefficient (Wildman–Crippen LogP) is 6.72. The lowest BCUT2D eigenvalue weighted by atomic mass is 9.98. The number of rotatable bonds is 18. The van der Waals surface area contributed by atoms with Gasteiger partial charge in [-0.25, -0.2) is 39.9 Å². The molecule has 8 aromatic rings. The third-order valence-corrected chi connectivity index (χ3v) is 15.0. The van der Waals surface area contributed by atoms with Gasteiger partial charge in [-0.1, -0.05) is 48.5 Å². The van der Waals surface area contributed by atoms with Gasteiger partial charge in [-0.05, 0) is 104 Å². The highest BCUT2D eigenvalue weighted by Gasteiger charge is 2.26. The van der Waals surface area contributed by atoms with E-state index in [-0.39, 0.29) is 12.6 Å². The molecule has 20 nitrogen and oxygen atoms in total. The topological polar surface area (TPSA) is 211 Å². The Morgan fingerprint density at radius 1 is 0.538 bits per heavy atom. The highest BCUT2D eigenvalue weighted by atomic mass is 16.5. The van der Waals surface area contributed by atoms with Crippen LogP contribution in [0.1, 0.15) is 47.9 Å². The average molecular weight is 1050 g/mol. The number of piperazine rings is 2. The monoisotopic (exact) mass is 1040 g/mol. The fourth-order valence-electron chi connectivity index (χ4n) is 10.7. The van der Waals surface area contributed by atoms with Crippen molar-refractivity contribution in [2.24, 2.45) is 0 Å². The van der Waals surface area contributed by atoms with Gasteiger partial charge >= 0.3 is 0 Å². The maximum Gasteiger partial charge on any atom is 0.231 e. The Kier molecular flexibility index (Phi) is 15.3. The second-order valence-electron chi connectivity index (χ2n) is 20.2. The number of hydrogen-bond donors (Lipinski definition) is 4. The maximum atomic E-state index is 9.80. The van der Waals surface area contributed by atoms with Crippen LogP contribution >= 0.6 is 0 Å². The third-order valence-electron chi connectivity index (χ3n) is 15.0. The van der Waals surface area contributed by atoms with Crippen LogP contribution in [0.2, 0.25) is 0 Å². The van der Waals surface area contributed by atoms with Crippen molar-refractivity contribution in [3.8, 4) is 17.0 Å². The molecule has 0 radical (unpaired) electrons. The number of aliphatic hydroxyl groups excluding tert-OH is 1. The zero-order valence-electron chi connectivity index (χ0n) is 43.6. The first-order valence-electron chi connectivity index (χ1n) is 27.2. The molecule has 8 heterocycles. The van der Waals surface area contributed by atoms with Crippen LogP contribution < -0.4 is 45.2 Å². The molecule has 0 amide bonds. The van der Waals surface area contributed by atoms with Crippen LogP contribution in [0.3, 0.4) is 0 Å². The molecule has 0 aliphatic carbocycles. The van der Waals surface area contributed by atoms with E-state index < -0.39 is 0 Å². The minimum atomic E-state index is 0.168. The van der Waals surface area contributed by atoms with Crippen LogP contribution in [0.5, 0.6) is 5.75 Å². The molecule has 4 N–H and O–H groups in total. The van der Waals surface area contributed by atoms with E-state index in [0.29, 0.717) is 87.4 Å². The number of nitrogens with one attached hydrogen (secondary N) is 3. The lowest BCUT2D eigenvalue weighted by molar-refractivity contribution is 0.266. The van der Waals surface area contributed by atoms with Gasteiger partial charge in [0.15, 0.2) is 0 Å². The van der Waals surface area contributed by atoms with E-state index >= 15 is 0 Å². The number of hydrogen-bond acceptors (Lipinski definition) is 20. The highest BCUT2D eigenvalue weighted by Crippen LogP contribution is 2.30. The van der Waals surface area contributed by atoms with Gasteiger partial charge in [0.25, 0.3) is 0 Å². The summed E-state index contributed by atoms with van der Waals surface area (Å²) in [4.78, 5) is 58.4. The molecule has 0 saturated carbocycles. The van der Waals surface area contributed by atoms with Gasteiger partial charge in [-0.15, -0.1) is 0 Å². The van der Waals surface area contributed by atoms with Crippen molar-refractivity contribution in [1.29, 1.82) is 0 Å². The Morgan fingerprint density at radius 3 is 1.77 bits per heavy atom. The molecule has 4 aliphatic rings. The number of nitrogens with zero attached hydrogens (tertiary/aromatic N) is 15. The first kappa shape index (κ1) is 50.2. The Labute approximate surface area is 454 Å². The summed E-state index contributed by atoms with van der Waals surface area (Å²) in [5.41, 5.74) is 9.26. The predicted molar refractivity (Wildman–Crippen MR) is 303 cm³/mol. The Bertz CT molecular complexity index is 3220. The van der Waals surface area contributed by atoms with Crippen molar-refractivity contribution in [2.75, 3.05) is 114 Å². The molecule has 4 aliphatic heterocycles. The summed E-state index contributed by atoms with van der Waals surface area (Å²) < 4.78 is 5.98. The SMILES string of the molecule is OC[C@@H]1CCCN1c1ccc(Nc2ncnc(N3CCN(c4ncc(Cc5ccccc5)c(-c5cccc(Cc6cnc(N7CCN(c8ncnc(Nc9ccc(OC[C@H]%10CCCN%10)cc9)n8)CC7)nc6)c5)n4)CC3)n2)cc1. The molecule has 2 atom stereocenters. The summed E-state index contributed by atoms with van der Waals surface area (Å²) in [6.45, 7) is 8.57. The van der Waals surface area contributed by atoms with Crippen LogP contribution in [-0.4, -0.2) is 146 Å². The van der Waals surface area contributed by atoms with Gasteiger partial charge in [0.2, 0.25) is 35.7 Å². The molecule has 0 spiro atoms. The lowest BCUT2D eigenvalue weighted by Crippen LogP contribution is -2.47. The second-order valence-corrected chi connectivity index (χ2v) is 20.2. The molecule has 78 heavy (non-hydrogen) atoms. The lowest BCUT2D eigenvalue weighted by Gasteiger charge is -2.34. The summed E-state index contributed by atoms with van der Waals surface area (Å²) >= 11 is 0. The largest absolute Gasteiger partial charge is 0.492 e. The Hall–Kier alpha value is -8.62. The maximum absolute atomic E-state index is 9.80. The molecule has 0 unspecified atom stereocenters. The van der Waals surface area contributed by atoms with Crippen molar-refractivity contribution >= 4 is 52.8 Å². The van der Waals surface area contributed by atoms with E-state index in [1.807, 2.05) is 61.1 Å². The minimum Gasteiger partial charge on any atom is -0.492 e. The Balaban J connectivity index is 0.662. The molecule has 12 rings (SSSR count). The van der Waals surface area contributed by atoms with Gasteiger partial charge in [-0.2, -0.15) is 9.97 Å². The quantitative estimate of drug-likeness (QED) is 0.0703. The van der Waals surface area contributed by atoms with Crippen molar-refractivity contribution in [3.63, 3.8) is 0 Å². The normalized spacial score (nSPS) is 17.6. The smallest absolute Gasteiger partial charge is 0.231 e. The van der Waals surface area contributed by atoms with Crippen molar-refractivity contribution in [3.05, 3.63) is 157 Å². The zero-order chi connectivity index (χ0) is 52.5. The molecular weight excluding hydrogens is 981 g/mol. The van der Waals surface area contributed by atoms with Gasteiger partial charge in [-0.3, -0.25) is 0 Å². The summed E-state index contributed by atoms with van der Waals surface area (Å²) in [6.07, 6.45) is 14.8. The van der Waals surface area contributed by atoms with E-state index in [1.165, 1.54) is 12.0 Å². The number of aliphatic hydroxyl groups is 1. The number of ether oxygens (including phenoxy) is 1. The van der Waals surface area contributed by atoms with Crippen LogP contribution in [0, 0.1) is 0 Å². The van der Waals surface area contributed by atoms with Gasteiger partial charge in [0, 0.05) is 125 Å². The molecule has 398 valence electrons. The summed E-state index contributed by atoms with van der Waals surface area (Å²) in [5, 5.41) is 19.9. The first-order valence-corrected chi connectivity index (χ1v) is 27.2. The van der Waals surface area contributed by atoms with Crippen molar-refractivity contribution in [1.82, 2.24) is 55.2 Å². The van der Waals surface area contributed by atoms with E-state index in [1.54, 1.807) is 12.7 Å². The first-order chi connectivity index (χ1) is 38.5. The van der Waals surface area contributed by atoms with Crippen LogP contribution in [-0.2, 0) is 12.8 Å². The molecule has 4 saturated heterocycles. The Morgan fingerprint density at radius 2 is 1.14 bits per heavy atom. The molecular formula is C58H64N18O2. The van der Waals surface area contributed by atoms with E-state index in [9.17, 15) is 5.11 Å². The zero-order valence-corrected chi connectivity index (χ0v) is 43.6. The third kappa shape index (κ3) is 12.1. The molecule has 0 bridgehead atoms. The van der Waals surface area contributed by atoms with E-state index in [2.05, 4.69) is 121 Å². The average Bonchev–Trinajstić information content (AvgIpc) is 4.22. The van der Waals surface area contributed by atoms with Crippen LogP contribution in [0.4, 0.5) is 52.8 Å². The van der Waals surface area contributed by atoms with Gasteiger partial charge in [0.1, 0.15) is 25.0 Å². The molecule has 4 fully saturated rings. The van der Waals surface area contributed by atoms with Gasteiger partial charge in [0.05, 0.1) is 18.3 Å². The molecule has 4 aromatic heterocycles.